The number of likely N-dealkylation sites (N-methyl/N-ethyl adjacent to an activating group) is 1. The minimum Gasteiger partial charge on any atom is -0.309 e. The highest BCUT2D eigenvalue weighted by Crippen LogP contribution is 2.36. The molecule has 0 saturated carbocycles. The Morgan fingerprint density at radius 3 is 2.48 bits per heavy atom. The molecular formula is C17H32N4. The van der Waals surface area contributed by atoms with Crippen molar-refractivity contribution in [1.82, 2.24) is 20.0 Å². The highest BCUT2D eigenvalue weighted by atomic mass is 15.3. The number of aromatic nitrogens is 2. The van der Waals surface area contributed by atoms with E-state index in [1.54, 1.807) is 0 Å². The lowest BCUT2D eigenvalue weighted by Gasteiger charge is -2.48. The zero-order valence-electron chi connectivity index (χ0n) is 14.2. The minimum absolute atomic E-state index is 0.165. The lowest BCUT2D eigenvalue weighted by Crippen LogP contribution is -2.55. The number of hydrogen-bond donors (Lipinski definition) is 1. The predicted octanol–water partition coefficient (Wildman–Crippen LogP) is 3.21. The highest BCUT2D eigenvalue weighted by Gasteiger charge is 2.39. The third-order valence-electron chi connectivity index (χ3n) is 5.13. The second-order valence-electron chi connectivity index (χ2n) is 6.38. The van der Waals surface area contributed by atoms with E-state index in [0.717, 1.165) is 19.5 Å². The smallest absolute Gasteiger partial charge is 0.0538 e. The van der Waals surface area contributed by atoms with E-state index in [-0.39, 0.29) is 5.54 Å². The molecule has 0 radical (unpaired) electrons. The fourth-order valence-corrected chi connectivity index (χ4v) is 3.62. The van der Waals surface area contributed by atoms with E-state index >= 15 is 0 Å². The first-order valence-corrected chi connectivity index (χ1v) is 8.66. The summed E-state index contributed by atoms with van der Waals surface area (Å²) in [6.45, 7) is 13.5. The molecule has 2 rings (SSSR count). The molecule has 2 atom stereocenters. The molecule has 0 spiro atoms. The summed E-state index contributed by atoms with van der Waals surface area (Å²) < 4.78 is 2.03. The van der Waals surface area contributed by atoms with Crippen LogP contribution in [0.15, 0.2) is 12.4 Å². The van der Waals surface area contributed by atoms with Gasteiger partial charge in [-0.3, -0.25) is 9.58 Å². The van der Waals surface area contributed by atoms with Crippen LogP contribution < -0.4 is 5.32 Å². The molecule has 1 aromatic heterocycles. The number of aryl methyl sites for hydroxylation is 1. The van der Waals surface area contributed by atoms with Crippen molar-refractivity contribution in [1.29, 1.82) is 0 Å². The van der Waals surface area contributed by atoms with E-state index in [4.69, 9.17) is 0 Å². The number of hydrogen-bond acceptors (Lipinski definition) is 3. The number of rotatable bonds is 7. The van der Waals surface area contributed by atoms with Gasteiger partial charge in [-0.2, -0.15) is 5.10 Å². The molecule has 120 valence electrons. The summed E-state index contributed by atoms with van der Waals surface area (Å²) in [6.07, 6.45) is 9.48. The largest absolute Gasteiger partial charge is 0.309 e. The summed E-state index contributed by atoms with van der Waals surface area (Å²) >= 11 is 0. The summed E-state index contributed by atoms with van der Waals surface area (Å²) in [5.41, 5.74) is 1.49. The van der Waals surface area contributed by atoms with E-state index in [1.807, 2.05) is 4.68 Å². The van der Waals surface area contributed by atoms with Crippen molar-refractivity contribution in [2.24, 2.45) is 0 Å². The molecule has 4 nitrogen and oxygen atoms in total. The Bertz CT molecular complexity index is 422. The number of nitrogens with zero attached hydrogens (tertiary/aromatic N) is 3. The average Bonchev–Trinajstić information content (AvgIpc) is 3.01. The molecule has 21 heavy (non-hydrogen) atoms. The molecule has 1 aliphatic rings. The Hall–Kier alpha value is -0.870. The molecule has 0 bridgehead atoms. The van der Waals surface area contributed by atoms with Gasteiger partial charge in [0.05, 0.1) is 12.2 Å². The summed E-state index contributed by atoms with van der Waals surface area (Å²) in [4.78, 5) is 2.70. The van der Waals surface area contributed by atoms with Gasteiger partial charge in [-0.1, -0.05) is 20.3 Å². The molecule has 2 unspecified atom stereocenters. The second-order valence-corrected chi connectivity index (χ2v) is 6.38. The van der Waals surface area contributed by atoms with E-state index < -0.39 is 0 Å². The molecular weight excluding hydrogens is 260 g/mol. The normalized spacial score (nSPS) is 21.1. The van der Waals surface area contributed by atoms with Gasteiger partial charge in [0.15, 0.2) is 0 Å². The van der Waals surface area contributed by atoms with E-state index in [2.05, 4.69) is 55.4 Å². The predicted molar refractivity (Wildman–Crippen MR) is 88.4 cm³/mol. The van der Waals surface area contributed by atoms with Crippen molar-refractivity contribution in [3.8, 4) is 0 Å². The summed E-state index contributed by atoms with van der Waals surface area (Å²) in [6, 6.07) is 0.353. The maximum Gasteiger partial charge on any atom is 0.0538 e. The Morgan fingerprint density at radius 2 is 1.95 bits per heavy atom. The molecule has 2 heterocycles. The van der Waals surface area contributed by atoms with Crippen LogP contribution in [-0.2, 0) is 6.54 Å². The van der Waals surface area contributed by atoms with Gasteiger partial charge >= 0.3 is 0 Å². The molecule has 4 heteroatoms. The molecule has 1 saturated heterocycles. The van der Waals surface area contributed by atoms with Gasteiger partial charge in [-0.15, -0.1) is 0 Å². The zero-order valence-corrected chi connectivity index (χ0v) is 14.2. The molecule has 0 aromatic carbocycles. The number of likely N-dealkylation sites (tertiary alicyclic amines) is 1. The van der Waals surface area contributed by atoms with E-state index in [0.29, 0.717) is 6.04 Å². The van der Waals surface area contributed by atoms with Crippen LogP contribution in [0.5, 0.6) is 0 Å². The van der Waals surface area contributed by atoms with Crippen LogP contribution in [0.1, 0.15) is 65.0 Å². The van der Waals surface area contributed by atoms with Crippen molar-refractivity contribution in [2.45, 2.75) is 71.5 Å². The van der Waals surface area contributed by atoms with Crippen molar-refractivity contribution < 1.29 is 0 Å². The SMILES string of the molecule is CCNC(c1cnn(CC)c1)C(C)(CC)N1CCCCC1. The van der Waals surface area contributed by atoms with Crippen LogP contribution in [0, 0.1) is 0 Å². The Balaban J connectivity index is 2.27. The van der Waals surface area contributed by atoms with Gasteiger partial charge in [0.2, 0.25) is 0 Å². The van der Waals surface area contributed by atoms with Gasteiger partial charge in [0.1, 0.15) is 0 Å². The molecule has 1 aromatic rings. The molecule has 1 aliphatic heterocycles. The Labute approximate surface area is 129 Å². The molecule has 1 fully saturated rings. The van der Waals surface area contributed by atoms with Crippen molar-refractivity contribution >= 4 is 0 Å². The monoisotopic (exact) mass is 292 g/mol. The fraction of sp³-hybridized carbons (Fsp3) is 0.824. The first-order valence-electron chi connectivity index (χ1n) is 8.66. The average molecular weight is 292 g/mol. The highest BCUT2D eigenvalue weighted by molar-refractivity contribution is 5.17. The molecule has 0 aliphatic carbocycles. The first-order chi connectivity index (χ1) is 10.2. The maximum absolute atomic E-state index is 4.49. The van der Waals surface area contributed by atoms with Crippen LogP contribution >= 0.6 is 0 Å². The Morgan fingerprint density at radius 1 is 1.24 bits per heavy atom. The van der Waals surface area contributed by atoms with Crippen molar-refractivity contribution in [2.75, 3.05) is 19.6 Å². The van der Waals surface area contributed by atoms with Gasteiger partial charge in [-0.05, 0) is 52.7 Å². The van der Waals surface area contributed by atoms with Crippen LogP contribution in [0.2, 0.25) is 0 Å². The number of nitrogens with one attached hydrogen (secondary N) is 1. The van der Waals surface area contributed by atoms with Gasteiger partial charge < -0.3 is 5.32 Å². The number of piperidine rings is 1. The third-order valence-corrected chi connectivity index (χ3v) is 5.13. The third kappa shape index (κ3) is 3.49. The summed E-state index contributed by atoms with van der Waals surface area (Å²) in [5, 5.41) is 8.22. The van der Waals surface area contributed by atoms with Gasteiger partial charge in [-0.25, -0.2) is 0 Å². The van der Waals surface area contributed by atoms with Crippen LogP contribution in [0.25, 0.3) is 0 Å². The first kappa shape index (κ1) is 16.5. The lowest BCUT2D eigenvalue weighted by molar-refractivity contribution is 0.0429. The molecule has 0 amide bonds. The van der Waals surface area contributed by atoms with Crippen LogP contribution in [0.4, 0.5) is 0 Å². The van der Waals surface area contributed by atoms with Gasteiger partial charge in [0.25, 0.3) is 0 Å². The second kappa shape index (κ2) is 7.41. The maximum atomic E-state index is 4.49. The van der Waals surface area contributed by atoms with Crippen molar-refractivity contribution in [3.05, 3.63) is 18.0 Å². The van der Waals surface area contributed by atoms with Crippen molar-refractivity contribution in [3.63, 3.8) is 0 Å². The quantitative estimate of drug-likeness (QED) is 0.838. The van der Waals surface area contributed by atoms with E-state index in [9.17, 15) is 0 Å². The Kier molecular flexibility index (Phi) is 5.82. The summed E-state index contributed by atoms with van der Waals surface area (Å²) in [7, 11) is 0. The molecule has 1 N–H and O–H groups in total. The van der Waals surface area contributed by atoms with Crippen LogP contribution in [-0.4, -0.2) is 39.9 Å². The van der Waals surface area contributed by atoms with E-state index in [1.165, 1.54) is 37.9 Å². The standard InChI is InChI=1S/C17H32N4/c1-5-17(4,20-11-9-8-10-12-20)16(18-6-2)15-13-19-21(7-3)14-15/h13-14,16,18H,5-12H2,1-4H3. The minimum atomic E-state index is 0.165. The fourth-order valence-electron chi connectivity index (χ4n) is 3.62. The van der Waals surface area contributed by atoms with Crippen LogP contribution in [0.3, 0.4) is 0 Å². The lowest BCUT2D eigenvalue weighted by atomic mass is 9.82. The topological polar surface area (TPSA) is 33.1 Å². The summed E-state index contributed by atoms with van der Waals surface area (Å²) in [5.74, 6) is 0. The zero-order chi connectivity index (χ0) is 15.3. The van der Waals surface area contributed by atoms with Gasteiger partial charge in [0, 0.05) is 23.8 Å².